The Hall–Kier alpha value is -2.31. The van der Waals surface area contributed by atoms with Crippen molar-refractivity contribution in [3.63, 3.8) is 0 Å². The number of hydrogen-bond donors (Lipinski definition) is 0. The highest BCUT2D eigenvalue weighted by Gasteiger charge is 2.22. The van der Waals surface area contributed by atoms with Crippen LogP contribution in [-0.2, 0) is 19.6 Å². The van der Waals surface area contributed by atoms with Crippen LogP contribution in [0.1, 0.15) is 16.7 Å². The smallest absolute Gasteiger partial charge is 0.179 e. The molecule has 0 amide bonds. The first-order valence-electron chi connectivity index (χ1n) is 7.17. The molecule has 1 heterocycles. The topological polar surface area (TPSA) is 30.3 Å². The quantitative estimate of drug-likeness (QED) is 0.807. The molecule has 3 heteroatoms. The average molecular weight is 277 g/mol. The van der Waals surface area contributed by atoms with Crippen LogP contribution >= 0.6 is 0 Å². The van der Waals surface area contributed by atoms with Gasteiger partial charge in [-0.25, -0.2) is 0 Å². The van der Waals surface area contributed by atoms with Crippen LogP contribution in [0.25, 0.3) is 11.1 Å². The Bertz CT molecular complexity index is 684. The van der Waals surface area contributed by atoms with E-state index in [9.17, 15) is 5.26 Å². The van der Waals surface area contributed by atoms with E-state index in [0.717, 1.165) is 19.6 Å². The van der Waals surface area contributed by atoms with Crippen molar-refractivity contribution in [2.24, 2.45) is 0 Å². The molecule has 0 spiro atoms. The maximum Gasteiger partial charge on any atom is 0.179 e. The van der Waals surface area contributed by atoms with Crippen LogP contribution in [-0.4, -0.2) is 23.9 Å². The van der Waals surface area contributed by atoms with E-state index in [1.54, 1.807) is 0 Å². The molecule has 3 nitrogen and oxygen atoms in total. The zero-order valence-corrected chi connectivity index (χ0v) is 12.5. The van der Waals surface area contributed by atoms with Crippen LogP contribution in [0.5, 0.6) is 0 Å². The van der Waals surface area contributed by atoms with Gasteiger partial charge in [0.2, 0.25) is 0 Å². The Labute approximate surface area is 126 Å². The zero-order chi connectivity index (χ0) is 14.8. The third-order valence-electron chi connectivity index (χ3n) is 3.84. The van der Waals surface area contributed by atoms with E-state index in [1.807, 2.05) is 11.0 Å². The van der Waals surface area contributed by atoms with E-state index in [2.05, 4.69) is 61.6 Å². The van der Waals surface area contributed by atoms with Crippen molar-refractivity contribution in [2.45, 2.75) is 19.6 Å². The normalized spacial score (nSPS) is 13.3. The van der Waals surface area contributed by atoms with Crippen molar-refractivity contribution in [3.8, 4) is 17.3 Å². The molecule has 0 saturated carbocycles. The van der Waals surface area contributed by atoms with E-state index in [0.29, 0.717) is 0 Å². The number of fused-ring (bicyclic) bond motifs is 1. The van der Waals surface area contributed by atoms with Crippen molar-refractivity contribution in [1.82, 2.24) is 9.80 Å². The SMILES string of the molecule is CN(C)Cc1cc2c(c(-c3ccccc3)c1)CN(C#N)C2. The lowest BCUT2D eigenvalue weighted by Gasteiger charge is -2.14. The van der Waals surface area contributed by atoms with Crippen molar-refractivity contribution in [3.05, 3.63) is 59.2 Å². The van der Waals surface area contributed by atoms with Gasteiger partial charge < -0.3 is 9.80 Å². The number of hydrogen-bond acceptors (Lipinski definition) is 3. The van der Waals surface area contributed by atoms with Gasteiger partial charge in [0.1, 0.15) is 0 Å². The van der Waals surface area contributed by atoms with E-state index >= 15 is 0 Å². The van der Waals surface area contributed by atoms with E-state index in [1.165, 1.54) is 27.8 Å². The lowest BCUT2D eigenvalue weighted by Crippen LogP contribution is -2.11. The van der Waals surface area contributed by atoms with Crippen molar-refractivity contribution >= 4 is 0 Å². The van der Waals surface area contributed by atoms with Gasteiger partial charge in [-0.05, 0) is 48.0 Å². The van der Waals surface area contributed by atoms with Gasteiger partial charge in [0, 0.05) is 6.54 Å². The average Bonchev–Trinajstić information content (AvgIpc) is 2.89. The van der Waals surface area contributed by atoms with E-state index in [4.69, 9.17) is 0 Å². The predicted octanol–water partition coefficient (Wildman–Crippen LogP) is 3.21. The van der Waals surface area contributed by atoms with Crippen LogP contribution in [0, 0.1) is 11.5 Å². The molecule has 3 rings (SSSR count). The summed E-state index contributed by atoms with van der Waals surface area (Å²) in [4.78, 5) is 3.99. The third kappa shape index (κ3) is 2.76. The Morgan fingerprint density at radius 2 is 1.90 bits per heavy atom. The molecule has 21 heavy (non-hydrogen) atoms. The molecule has 0 fully saturated rings. The first-order valence-corrected chi connectivity index (χ1v) is 7.17. The summed E-state index contributed by atoms with van der Waals surface area (Å²) in [7, 11) is 4.16. The minimum Gasteiger partial charge on any atom is -0.305 e. The van der Waals surface area contributed by atoms with Crippen LogP contribution in [0.4, 0.5) is 0 Å². The minimum absolute atomic E-state index is 0.721. The number of benzene rings is 2. The van der Waals surface area contributed by atoms with Gasteiger partial charge in [0.15, 0.2) is 6.19 Å². The second kappa shape index (κ2) is 5.59. The molecular weight excluding hydrogens is 258 g/mol. The molecule has 1 aliphatic heterocycles. The van der Waals surface area contributed by atoms with E-state index < -0.39 is 0 Å². The Morgan fingerprint density at radius 3 is 2.57 bits per heavy atom. The molecule has 0 bridgehead atoms. The third-order valence-corrected chi connectivity index (χ3v) is 3.84. The number of nitriles is 1. The first kappa shape index (κ1) is 13.7. The summed E-state index contributed by atoms with van der Waals surface area (Å²) in [5.74, 6) is 0. The Kier molecular flexibility index (Phi) is 3.64. The summed E-state index contributed by atoms with van der Waals surface area (Å²) in [6.07, 6.45) is 2.27. The van der Waals surface area contributed by atoms with Crippen LogP contribution in [0.3, 0.4) is 0 Å². The minimum atomic E-state index is 0.721. The molecule has 0 radical (unpaired) electrons. The Balaban J connectivity index is 2.10. The van der Waals surface area contributed by atoms with Crippen LogP contribution in [0.15, 0.2) is 42.5 Å². The summed E-state index contributed by atoms with van der Waals surface area (Å²) in [5, 5.41) is 9.18. The van der Waals surface area contributed by atoms with Crippen LogP contribution in [0.2, 0.25) is 0 Å². The fourth-order valence-electron chi connectivity index (χ4n) is 2.98. The molecule has 0 aliphatic carbocycles. The molecule has 0 saturated heterocycles. The lowest BCUT2D eigenvalue weighted by atomic mass is 9.94. The summed E-state index contributed by atoms with van der Waals surface area (Å²) >= 11 is 0. The number of nitrogens with zero attached hydrogens (tertiary/aromatic N) is 3. The molecule has 2 aromatic rings. The van der Waals surface area contributed by atoms with Crippen molar-refractivity contribution < 1.29 is 0 Å². The molecule has 0 unspecified atom stereocenters. The largest absolute Gasteiger partial charge is 0.305 e. The first-order chi connectivity index (χ1) is 10.2. The second-order valence-electron chi connectivity index (χ2n) is 5.84. The molecule has 1 aliphatic rings. The van der Waals surface area contributed by atoms with Gasteiger partial charge >= 0.3 is 0 Å². The maximum absolute atomic E-state index is 9.18. The highest BCUT2D eigenvalue weighted by molar-refractivity contribution is 5.70. The van der Waals surface area contributed by atoms with Gasteiger partial charge in [-0.1, -0.05) is 36.4 Å². The summed E-state index contributed by atoms with van der Waals surface area (Å²) < 4.78 is 0. The standard InChI is InChI=1S/C18H19N3/c1-20(2)10-14-8-16-11-21(13-19)12-18(16)17(9-14)15-6-4-3-5-7-15/h3-9H,10-12H2,1-2H3. The Morgan fingerprint density at radius 1 is 1.14 bits per heavy atom. The molecule has 106 valence electrons. The van der Waals surface area contributed by atoms with Gasteiger partial charge in [0.25, 0.3) is 0 Å². The molecule has 0 N–H and O–H groups in total. The number of rotatable bonds is 3. The van der Waals surface area contributed by atoms with Crippen molar-refractivity contribution in [2.75, 3.05) is 14.1 Å². The predicted molar refractivity (Wildman–Crippen MR) is 84.1 cm³/mol. The lowest BCUT2D eigenvalue weighted by molar-refractivity contribution is 0.402. The van der Waals surface area contributed by atoms with Gasteiger partial charge in [0.05, 0.1) is 13.1 Å². The highest BCUT2D eigenvalue weighted by Crippen LogP contribution is 2.34. The fourth-order valence-corrected chi connectivity index (χ4v) is 2.98. The van der Waals surface area contributed by atoms with Gasteiger partial charge in [-0.3, -0.25) is 0 Å². The second-order valence-corrected chi connectivity index (χ2v) is 5.84. The van der Waals surface area contributed by atoms with Crippen molar-refractivity contribution in [1.29, 1.82) is 5.26 Å². The molecule has 2 aromatic carbocycles. The van der Waals surface area contributed by atoms with E-state index in [-0.39, 0.29) is 0 Å². The molecule has 0 atom stereocenters. The maximum atomic E-state index is 9.18. The highest BCUT2D eigenvalue weighted by atomic mass is 15.1. The van der Waals surface area contributed by atoms with Gasteiger partial charge in [-0.2, -0.15) is 5.26 Å². The molecular formula is C18H19N3. The molecule has 0 aromatic heterocycles. The summed E-state index contributed by atoms with van der Waals surface area (Å²) in [6.45, 7) is 2.37. The monoisotopic (exact) mass is 277 g/mol. The van der Waals surface area contributed by atoms with Gasteiger partial charge in [-0.15, -0.1) is 0 Å². The summed E-state index contributed by atoms with van der Waals surface area (Å²) in [5.41, 5.74) is 6.38. The zero-order valence-electron chi connectivity index (χ0n) is 12.5. The van der Waals surface area contributed by atoms with Crippen LogP contribution < -0.4 is 0 Å². The summed E-state index contributed by atoms with van der Waals surface area (Å²) in [6, 6.07) is 15.0. The fraction of sp³-hybridized carbons (Fsp3) is 0.278.